The second kappa shape index (κ2) is 6.08. The van der Waals surface area contributed by atoms with Gasteiger partial charge in [-0.3, -0.25) is 0 Å². The SMILES string of the molecule is CCNC1CCN(c2c(F)ccc(C)c2F)C(C)C1C. The summed E-state index contributed by atoms with van der Waals surface area (Å²) in [6.45, 7) is 9.57. The molecular weight excluding hydrogens is 258 g/mol. The zero-order chi connectivity index (χ0) is 14.9. The van der Waals surface area contributed by atoms with E-state index >= 15 is 0 Å². The van der Waals surface area contributed by atoms with Crippen LogP contribution in [-0.2, 0) is 0 Å². The summed E-state index contributed by atoms with van der Waals surface area (Å²) in [5.41, 5.74) is 0.634. The zero-order valence-electron chi connectivity index (χ0n) is 12.7. The van der Waals surface area contributed by atoms with Crippen molar-refractivity contribution in [2.24, 2.45) is 5.92 Å². The predicted octanol–water partition coefficient (Wildman–Crippen LogP) is 3.49. The highest BCUT2D eigenvalue weighted by Crippen LogP contribution is 2.33. The standard InChI is InChI=1S/C16H24F2N2/c1-5-19-14-8-9-20(12(4)11(14)3)16-13(17)7-6-10(2)15(16)18/h6-7,11-12,14,19H,5,8-9H2,1-4H3. The summed E-state index contributed by atoms with van der Waals surface area (Å²) in [5, 5.41) is 3.46. The van der Waals surface area contributed by atoms with E-state index in [4.69, 9.17) is 0 Å². The summed E-state index contributed by atoms with van der Waals surface area (Å²) in [7, 11) is 0. The van der Waals surface area contributed by atoms with Crippen molar-refractivity contribution in [3.8, 4) is 0 Å². The summed E-state index contributed by atoms with van der Waals surface area (Å²) in [6.07, 6.45) is 0.909. The molecular formula is C16H24F2N2. The number of nitrogens with zero attached hydrogens (tertiary/aromatic N) is 1. The quantitative estimate of drug-likeness (QED) is 0.913. The van der Waals surface area contributed by atoms with Crippen molar-refractivity contribution >= 4 is 5.69 Å². The Bertz CT molecular complexity index is 476. The first-order chi connectivity index (χ1) is 9.47. The van der Waals surface area contributed by atoms with Gasteiger partial charge in [-0.2, -0.15) is 0 Å². The van der Waals surface area contributed by atoms with Crippen LogP contribution >= 0.6 is 0 Å². The van der Waals surface area contributed by atoms with Crippen molar-refractivity contribution in [3.63, 3.8) is 0 Å². The summed E-state index contributed by atoms with van der Waals surface area (Å²) < 4.78 is 28.4. The largest absolute Gasteiger partial charge is 0.364 e. The van der Waals surface area contributed by atoms with Gasteiger partial charge in [-0.1, -0.05) is 19.9 Å². The molecule has 4 heteroatoms. The van der Waals surface area contributed by atoms with E-state index in [-0.39, 0.29) is 11.7 Å². The Balaban J connectivity index is 2.29. The van der Waals surface area contributed by atoms with E-state index in [2.05, 4.69) is 26.1 Å². The molecule has 1 heterocycles. The van der Waals surface area contributed by atoms with Gasteiger partial charge >= 0.3 is 0 Å². The Kier molecular flexibility index (Phi) is 4.63. The van der Waals surface area contributed by atoms with E-state index in [0.717, 1.165) is 13.0 Å². The third-order valence-corrected chi connectivity index (χ3v) is 4.58. The summed E-state index contributed by atoms with van der Waals surface area (Å²) in [5.74, 6) is -0.539. The Morgan fingerprint density at radius 3 is 2.65 bits per heavy atom. The number of piperidine rings is 1. The van der Waals surface area contributed by atoms with Gasteiger partial charge in [-0.05, 0) is 44.4 Å². The monoisotopic (exact) mass is 282 g/mol. The summed E-state index contributed by atoms with van der Waals surface area (Å²) in [6, 6.07) is 3.38. The highest BCUT2D eigenvalue weighted by atomic mass is 19.1. The second-order valence-corrected chi connectivity index (χ2v) is 5.77. The number of aryl methyl sites for hydroxylation is 1. The third kappa shape index (κ3) is 2.66. The molecule has 3 unspecified atom stereocenters. The Morgan fingerprint density at radius 2 is 2.00 bits per heavy atom. The van der Waals surface area contributed by atoms with E-state index in [1.807, 2.05) is 4.90 Å². The molecule has 20 heavy (non-hydrogen) atoms. The molecule has 2 nitrogen and oxygen atoms in total. The number of hydrogen-bond donors (Lipinski definition) is 1. The maximum Gasteiger partial charge on any atom is 0.152 e. The predicted molar refractivity (Wildman–Crippen MR) is 79.1 cm³/mol. The van der Waals surface area contributed by atoms with Crippen molar-refractivity contribution in [1.29, 1.82) is 0 Å². The van der Waals surface area contributed by atoms with Crippen LogP contribution < -0.4 is 10.2 Å². The zero-order valence-corrected chi connectivity index (χ0v) is 12.7. The topological polar surface area (TPSA) is 15.3 Å². The Labute approximate surface area is 120 Å². The number of rotatable bonds is 3. The van der Waals surface area contributed by atoms with Gasteiger partial charge in [0.15, 0.2) is 5.82 Å². The molecule has 2 rings (SSSR count). The van der Waals surface area contributed by atoms with Crippen LogP contribution in [0.25, 0.3) is 0 Å². The molecule has 0 saturated carbocycles. The summed E-state index contributed by atoms with van der Waals surface area (Å²) in [4.78, 5) is 1.89. The van der Waals surface area contributed by atoms with Crippen LogP contribution in [0.4, 0.5) is 14.5 Å². The highest BCUT2D eigenvalue weighted by molar-refractivity contribution is 5.53. The van der Waals surface area contributed by atoms with Gasteiger partial charge in [-0.15, -0.1) is 0 Å². The van der Waals surface area contributed by atoms with Crippen LogP contribution in [0.1, 0.15) is 32.8 Å². The van der Waals surface area contributed by atoms with E-state index in [1.165, 1.54) is 12.1 Å². The van der Waals surface area contributed by atoms with Crippen molar-refractivity contribution in [2.45, 2.75) is 46.2 Å². The lowest BCUT2D eigenvalue weighted by atomic mass is 9.86. The second-order valence-electron chi connectivity index (χ2n) is 5.77. The molecule has 0 spiro atoms. The Hall–Kier alpha value is -1.16. The van der Waals surface area contributed by atoms with Crippen LogP contribution in [0.2, 0.25) is 0 Å². The van der Waals surface area contributed by atoms with Crippen LogP contribution in [0, 0.1) is 24.5 Å². The van der Waals surface area contributed by atoms with Crippen molar-refractivity contribution in [1.82, 2.24) is 5.32 Å². The van der Waals surface area contributed by atoms with E-state index in [1.54, 1.807) is 6.92 Å². The fourth-order valence-corrected chi connectivity index (χ4v) is 3.14. The molecule has 0 aliphatic carbocycles. The first kappa shape index (κ1) is 15.2. The van der Waals surface area contributed by atoms with Gasteiger partial charge in [0.25, 0.3) is 0 Å². The minimum absolute atomic E-state index is 0.110. The van der Waals surface area contributed by atoms with Gasteiger partial charge in [0.05, 0.1) is 0 Å². The molecule has 0 radical (unpaired) electrons. The van der Waals surface area contributed by atoms with Gasteiger partial charge in [0, 0.05) is 18.6 Å². The van der Waals surface area contributed by atoms with Crippen LogP contribution in [0.3, 0.4) is 0 Å². The minimum atomic E-state index is -0.464. The Morgan fingerprint density at radius 1 is 1.30 bits per heavy atom. The van der Waals surface area contributed by atoms with Gasteiger partial charge in [0.1, 0.15) is 11.5 Å². The number of nitrogens with one attached hydrogen (secondary N) is 1. The molecule has 1 fully saturated rings. The lowest BCUT2D eigenvalue weighted by molar-refractivity contribution is 0.271. The molecule has 0 aromatic heterocycles. The van der Waals surface area contributed by atoms with Crippen molar-refractivity contribution in [2.75, 3.05) is 18.0 Å². The van der Waals surface area contributed by atoms with E-state index < -0.39 is 11.6 Å². The van der Waals surface area contributed by atoms with Crippen LogP contribution in [-0.4, -0.2) is 25.2 Å². The van der Waals surface area contributed by atoms with Crippen LogP contribution in [0.15, 0.2) is 12.1 Å². The summed E-state index contributed by atoms with van der Waals surface area (Å²) >= 11 is 0. The fraction of sp³-hybridized carbons (Fsp3) is 0.625. The van der Waals surface area contributed by atoms with Gasteiger partial charge < -0.3 is 10.2 Å². The average Bonchev–Trinajstić information content (AvgIpc) is 2.42. The number of hydrogen-bond acceptors (Lipinski definition) is 2. The first-order valence-corrected chi connectivity index (χ1v) is 7.42. The average molecular weight is 282 g/mol. The molecule has 1 aromatic rings. The molecule has 112 valence electrons. The van der Waals surface area contributed by atoms with E-state index in [0.29, 0.717) is 24.1 Å². The molecule has 1 saturated heterocycles. The number of halogens is 2. The number of anilines is 1. The third-order valence-electron chi connectivity index (χ3n) is 4.58. The minimum Gasteiger partial charge on any atom is -0.364 e. The molecule has 1 aromatic carbocycles. The molecule has 3 atom stereocenters. The lowest BCUT2D eigenvalue weighted by Crippen LogP contribution is -2.54. The molecule has 1 aliphatic heterocycles. The van der Waals surface area contributed by atoms with Crippen LogP contribution in [0.5, 0.6) is 0 Å². The highest BCUT2D eigenvalue weighted by Gasteiger charge is 2.34. The normalized spacial score (nSPS) is 26.9. The van der Waals surface area contributed by atoms with Crippen molar-refractivity contribution in [3.05, 3.63) is 29.3 Å². The van der Waals surface area contributed by atoms with Gasteiger partial charge in [0.2, 0.25) is 0 Å². The fourth-order valence-electron chi connectivity index (χ4n) is 3.14. The van der Waals surface area contributed by atoms with E-state index in [9.17, 15) is 8.78 Å². The molecule has 0 bridgehead atoms. The molecule has 0 amide bonds. The van der Waals surface area contributed by atoms with Gasteiger partial charge in [-0.25, -0.2) is 8.78 Å². The first-order valence-electron chi connectivity index (χ1n) is 7.42. The molecule has 1 N–H and O–H groups in total. The number of benzene rings is 1. The maximum atomic E-state index is 14.3. The van der Waals surface area contributed by atoms with Crippen molar-refractivity contribution < 1.29 is 8.78 Å². The molecule has 1 aliphatic rings. The lowest BCUT2D eigenvalue weighted by Gasteiger charge is -2.44. The maximum absolute atomic E-state index is 14.3. The smallest absolute Gasteiger partial charge is 0.152 e.